The van der Waals surface area contributed by atoms with Gasteiger partial charge in [0.15, 0.2) is 5.82 Å². The summed E-state index contributed by atoms with van der Waals surface area (Å²) < 4.78 is 15.0. The first-order chi connectivity index (χ1) is 8.52. The van der Waals surface area contributed by atoms with Crippen molar-refractivity contribution in [3.63, 3.8) is 0 Å². The van der Waals surface area contributed by atoms with Crippen LogP contribution in [0.4, 0.5) is 10.2 Å². The Bertz CT molecular complexity index is 604. The second-order valence-electron chi connectivity index (χ2n) is 3.67. The van der Waals surface area contributed by atoms with Crippen molar-refractivity contribution in [2.45, 2.75) is 6.92 Å². The van der Waals surface area contributed by atoms with Crippen molar-refractivity contribution in [2.75, 3.05) is 12.4 Å². The molecule has 1 aromatic heterocycles. The second-order valence-corrected chi connectivity index (χ2v) is 5.60. The fourth-order valence-corrected chi connectivity index (χ4v) is 2.45. The molecule has 1 N–H and O–H groups in total. The van der Waals surface area contributed by atoms with Crippen LogP contribution in [0.1, 0.15) is 5.69 Å². The molecular formula is C12H10BrFIN3. The molecule has 0 bridgehead atoms. The van der Waals surface area contributed by atoms with Crippen LogP contribution in [-0.2, 0) is 0 Å². The molecule has 1 heterocycles. The first kappa shape index (κ1) is 13.7. The lowest BCUT2D eigenvalue weighted by molar-refractivity contribution is 0.628. The van der Waals surface area contributed by atoms with Gasteiger partial charge in [0.05, 0.1) is 9.26 Å². The van der Waals surface area contributed by atoms with Gasteiger partial charge < -0.3 is 5.32 Å². The van der Waals surface area contributed by atoms with Crippen molar-refractivity contribution in [3.8, 4) is 11.4 Å². The Kier molecular flexibility index (Phi) is 4.16. The van der Waals surface area contributed by atoms with Crippen LogP contribution in [0.5, 0.6) is 0 Å². The summed E-state index contributed by atoms with van der Waals surface area (Å²) in [6.07, 6.45) is 0. The summed E-state index contributed by atoms with van der Waals surface area (Å²) in [5.74, 6) is 0.942. The van der Waals surface area contributed by atoms with Crippen LogP contribution < -0.4 is 5.32 Å². The van der Waals surface area contributed by atoms with Crippen molar-refractivity contribution >= 4 is 44.3 Å². The fraction of sp³-hybridized carbons (Fsp3) is 0.167. The lowest BCUT2D eigenvalue weighted by atomic mass is 10.2. The van der Waals surface area contributed by atoms with Crippen molar-refractivity contribution < 1.29 is 4.39 Å². The number of nitrogens with zero attached hydrogens (tertiary/aromatic N) is 2. The Morgan fingerprint density at radius 1 is 1.33 bits per heavy atom. The van der Waals surface area contributed by atoms with Crippen molar-refractivity contribution in [2.24, 2.45) is 0 Å². The minimum atomic E-state index is -0.306. The first-order valence-corrected chi connectivity index (χ1v) is 7.07. The topological polar surface area (TPSA) is 37.8 Å². The van der Waals surface area contributed by atoms with Gasteiger partial charge in [0.2, 0.25) is 0 Å². The Morgan fingerprint density at radius 2 is 2.06 bits per heavy atom. The summed E-state index contributed by atoms with van der Waals surface area (Å²) in [7, 11) is 1.80. The molecule has 18 heavy (non-hydrogen) atoms. The summed E-state index contributed by atoms with van der Waals surface area (Å²) in [6, 6.07) is 4.47. The molecule has 0 atom stereocenters. The van der Waals surface area contributed by atoms with Gasteiger partial charge in [0, 0.05) is 17.1 Å². The van der Waals surface area contributed by atoms with Gasteiger partial charge in [0.1, 0.15) is 11.6 Å². The normalized spacial score (nSPS) is 10.5. The van der Waals surface area contributed by atoms with Crippen molar-refractivity contribution in [3.05, 3.63) is 37.8 Å². The molecule has 0 aliphatic rings. The minimum Gasteiger partial charge on any atom is -0.372 e. The van der Waals surface area contributed by atoms with E-state index in [1.165, 1.54) is 12.1 Å². The summed E-state index contributed by atoms with van der Waals surface area (Å²) in [6.45, 7) is 1.90. The number of benzene rings is 1. The van der Waals surface area contributed by atoms with E-state index in [1.807, 2.05) is 6.92 Å². The molecule has 94 valence electrons. The number of aromatic nitrogens is 2. The van der Waals surface area contributed by atoms with E-state index in [2.05, 4.69) is 53.8 Å². The predicted octanol–water partition coefficient (Wildman–Crippen LogP) is 4.00. The number of hydrogen-bond donors (Lipinski definition) is 1. The van der Waals surface area contributed by atoms with Crippen LogP contribution in [0.25, 0.3) is 11.4 Å². The maximum absolute atomic E-state index is 13.3. The number of nitrogens with one attached hydrogen (secondary N) is 1. The Morgan fingerprint density at radius 3 is 2.72 bits per heavy atom. The number of aryl methyl sites for hydroxylation is 1. The maximum atomic E-state index is 13.3. The standard InChI is InChI=1S/C12H10BrFIN3/c1-6-10(15)12(16-2)18-11(17-6)8-5-7(14)3-4-9(8)13/h3-5H,1-2H3,(H,16,17,18). The molecule has 0 amide bonds. The molecule has 1 aromatic carbocycles. The van der Waals surface area contributed by atoms with Gasteiger partial charge >= 0.3 is 0 Å². The van der Waals surface area contributed by atoms with Gasteiger partial charge in [-0.3, -0.25) is 0 Å². The van der Waals surface area contributed by atoms with Crippen molar-refractivity contribution in [1.82, 2.24) is 9.97 Å². The summed E-state index contributed by atoms with van der Waals surface area (Å²) >= 11 is 5.57. The third-order valence-electron chi connectivity index (χ3n) is 2.42. The van der Waals surface area contributed by atoms with E-state index in [0.717, 1.165) is 19.6 Å². The Labute approximate surface area is 127 Å². The monoisotopic (exact) mass is 421 g/mol. The summed E-state index contributed by atoms with van der Waals surface area (Å²) in [5, 5.41) is 3.01. The molecule has 0 spiro atoms. The molecule has 2 aromatic rings. The van der Waals surface area contributed by atoms with E-state index in [4.69, 9.17) is 0 Å². The van der Waals surface area contributed by atoms with E-state index in [9.17, 15) is 4.39 Å². The minimum absolute atomic E-state index is 0.306. The highest BCUT2D eigenvalue weighted by Crippen LogP contribution is 2.29. The van der Waals surface area contributed by atoms with E-state index in [0.29, 0.717) is 11.4 Å². The average molecular weight is 422 g/mol. The van der Waals surface area contributed by atoms with Crippen LogP contribution in [0.15, 0.2) is 22.7 Å². The smallest absolute Gasteiger partial charge is 0.163 e. The molecule has 6 heteroatoms. The fourth-order valence-electron chi connectivity index (χ4n) is 1.51. The lowest BCUT2D eigenvalue weighted by Gasteiger charge is -2.09. The Balaban J connectivity index is 2.64. The molecule has 0 aliphatic heterocycles. The first-order valence-electron chi connectivity index (χ1n) is 5.20. The van der Waals surface area contributed by atoms with Crippen molar-refractivity contribution in [1.29, 1.82) is 0 Å². The van der Waals surface area contributed by atoms with Gasteiger partial charge in [-0.25, -0.2) is 14.4 Å². The number of hydrogen-bond acceptors (Lipinski definition) is 3. The molecule has 0 fully saturated rings. The average Bonchev–Trinajstić information content (AvgIpc) is 2.35. The predicted molar refractivity (Wildman–Crippen MR) is 82.1 cm³/mol. The van der Waals surface area contributed by atoms with Crippen LogP contribution in [0, 0.1) is 16.3 Å². The van der Waals surface area contributed by atoms with E-state index >= 15 is 0 Å². The number of anilines is 1. The van der Waals surface area contributed by atoms with Gasteiger partial charge in [-0.2, -0.15) is 0 Å². The SMILES string of the molecule is CNc1nc(-c2cc(F)ccc2Br)nc(C)c1I. The van der Waals surface area contributed by atoms with Gasteiger partial charge in [-0.05, 0) is 47.7 Å². The van der Waals surface area contributed by atoms with Gasteiger partial charge in [0.25, 0.3) is 0 Å². The van der Waals surface area contributed by atoms with E-state index in [1.54, 1.807) is 13.1 Å². The lowest BCUT2D eigenvalue weighted by Crippen LogP contribution is -2.03. The van der Waals surface area contributed by atoms with Crippen LogP contribution in [0.3, 0.4) is 0 Å². The zero-order valence-electron chi connectivity index (χ0n) is 9.76. The quantitative estimate of drug-likeness (QED) is 0.744. The maximum Gasteiger partial charge on any atom is 0.163 e. The summed E-state index contributed by atoms with van der Waals surface area (Å²) in [5.41, 5.74) is 1.51. The number of halogens is 3. The van der Waals surface area contributed by atoms with Crippen LogP contribution in [-0.4, -0.2) is 17.0 Å². The van der Waals surface area contributed by atoms with E-state index < -0.39 is 0 Å². The Hall–Kier alpha value is -0.760. The third-order valence-corrected chi connectivity index (χ3v) is 4.41. The summed E-state index contributed by atoms with van der Waals surface area (Å²) in [4.78, 5) is 8.80. The van der Waals surface area contributed by atoms with Crippen LogP contribution in [0.2, 0.25) is 0 Å². The largest absolute Gasteiger partial charge is 0.372 e. The number of rotatable bonds is 2. The molecular weight excluding hydrogens is 412 g/mol. The molecule has 0 unspecified atom stereocenters. The highest BCUT2D eigenvalue weighted by Gasteiger charge is 2.12. The zero-order valence-corrected chi connectivity index (χ0v) is 13.5. The van der Waals surface area contributed by atoms with E-state index in [-0.39, 0.29) is 5.82 Å². The highest BCUT2D eigenvalue weighted by atomic mass is 127. The molecule has 0 saturated heterocycles. The molecule has 3 nitrogen and oxygen atoms in total. The van der Waals surface area contributed by atoms with Crippen LogP contribution >= 0.6 is 38.5 Å². The van der Waals surface area contributed by atoms with Gasteiger partial charge in [-0.1, -0.05) is 15.9 Å². The molecule has 0 radical (unpaired) electrons. The second kappa shape index (κ2) is 5.48. The molecule has 2 rings (SSSR count). The highest BCUT2D eigenvalue weighted by molar-refractivity contribution is 14.1. The molecule has 0 aliphatic carbocycles. The third kappa shape index (κ3) is 2.64. The zero-order chi connectivity index (χ0) is 13.3. The van der Waals surface area contributed by atoms with Gasteiger partial charge in [-0.15, -0.1) is 0 Å². The molecule has 0 saturated carbocycles.